The zero-order valence-electron chi connectivity index (χ0n) is 5.80. The van der Waals surface area contributed by atoms with Crippen molar-refractivity contribution >= 4 is 23.5 Å². The van der Waals surface area contributed by atoms with Gasteiger partial charge in [0.25, 0.3) is 0 Å². The second kappa shape index (κ2) is 4.37. The normalized spacial score (nSPS) is 23.0. The molecule has 1 aliphatic rings. The van der Waals surface area contributed by atoms with Crippen molar-refractivity contribution < 1.29 is 15.3 Å². The van der Waals surface area contributed by atoms with E-state index in [2.05, 4.69) is 0 Å². The van der Waals surface area contributed by atoms with Gasteiger partial charge in [0.15, 0.2) is 0 Å². The van der Waals surface area contributed by atoms with E-state index in [9.17, 15) is 5.11 Å². The third-order valence-corrected chi connectivity index (χ3v) is 3.61. The quantitative estimate of drug-likeness (QED) is 0.589. The largest absolute Gasteiger partial charge is 0.394 e. The Kier molecular flexibility index (Phi) is 3.74. The third-order valence-electron chi connectivity index (χ3n) is 1.34. The average molecular weight is 194 g/mol. The molecule has 0 fully saturated rings. The Labute approximate surface area is 73.5 Å². The van der Waals surface area contributed by atoms with E-state index in [0.29, 0.717) is 0 Å². The van der Waals surface area contributed by atoms with Crippen LogP contribution in [0.25, 0.3) is 0 Å². The van der Waals surface area contributed by atoms with Gasteiger partial charge in [0.05, 0.1) is 6.61 Å². The molecule has 0 aromatic carbocycles. The molecule has 3 N–H and O–H groups in total. The summed E-state index contributed by atoms with van der Waals surface area (Å²) >= 11 is 3.08. The highest BCUT2D eigenvalue weighted by Crippen LogP contribution is 2.34. The van der Waals surface area contributed by atoms with Crippen molar-refractivity contribution in [2.45, 2.75) is 12.2 Å². The summed E-state index contributed by atoms with van der Waals surface area (Å²) in [6, 6.07) is 0. The van der Waals surface area contributed by atoms with Crippen LogP contribution in [-0.4, -0.2) is 39.2 Å². The highest BCUT2D eigenvalue weighted by Gasteiger charge is 2.22. The lowest BCUT2D eigenvalue weighted by molar-refractivity contribution is 0.00794. The van der Waals surface area contributed by atoms with Crippen molar-refractivity contribution in [3.63, 3.8) is 0 Å². The SMILES string of the molecule is OCC(O)C(O)C1=CSCS1. The standard InChI is InChI=1S/C6H10O3S2/c7-1-4(8)6(9)5-2-10-3-11-5/h2,4,6-9H,1,3H2. The number of rotatable bonds is 3. The Hall–Kier alpha value is 0.320. The molecule has 0 radical (unpaired) electrons. The molecule has 0 spiro atoms. The van der Waals surface area contributed by atoms with Crippen LogP contribution in [0.15, 0.2) is 10.3 Å². The van der Waals surface area contributed by atoms with Gasteiger partial charge in [-0.25, -0.2) is 0 Å². The third kappa shape index (κ3) is 2.38. The molecule has 1 heterocycles. The van der Waals surface area contributed by atoms with Gasteiger partial charge >= 0.3 is 0 Å². The Balaban J connectivity index is 2.45. The lowest BCUT2D eigenvalue weighted by Crippen LogP contribution is -2.29. The molecule has 0 saturated carbocycles. The molecular weight excluding hydrogens is 184 g/mol. The lowest BCUT2D eigenvalue weighted by atomic mass is 10.2. The van der Waals surface area contributed by atoms with Gasteiger partial charge in [-0.3, -0.25) is 0 Å². The van der Waals surface area contributed by atoms with E-state index >= 15 is 0 Å². The predicted molar refractivity (Wildman–Crippen MR) is 47.2 cm³/mol. The van der Waals surface area contributed by atoms with Crippen LogP contribution in [0.5, 0.6) is 0 Å². The molecule has 64 valence electrons. The smallest absolute Gasteiger partial charge is 0.113 e. The summed E-state index contributed by atoms with van der Waals surface area (Å²) in [7, 11) is 0. The van der Waals surface area contributed by atoms with Crippen LogP contribution in [0.2, 0.25) is 0 Å². The van der Waals surface area contributed by atoms with Crippen LogP contribution in [0.4, 0.5) is 0 Å². The maximum atomic E-state index is 9.30. The summed E-state index contributed by atoms with van der Waals surface area (Å²) in [4.78, 5) is 0.747. The Bertz CT molecular complexity index is 160. The van der Waals surface area contributed by atoms with E-state index in [1.807, 2.05) is 5.41 Å². The molecule has 1 rings (SSSR count). The number of thioether (sulfide) groups is 2. The molecule has 11 heavy (non-hydrogen) atoms. The summed E-state index contributed by atoms with van der Waals surface area (Å²) in [5.41, 5.74) is 0. The monoisotopic (exact) mass is 194 g/mol. The van der Waals surface area contributed by atoms with E-state index in [1.54, 1.807) is 11.8 Å². The fraction of sp³-hybridized carbons (Fsp3) is 0.667. The number of aliphatic hydroxyl groups excluding tert-OH is 3. The molecule has 0 aromatic rings. The van der Waals surface area contributed by atoms with Gasteiger partial charge < -0.3 is 15.3 Å². The van der Waals surface area contributed by atoms with Crippen molar-refractivity contribution in [3.05, 3.63) is 10.3 Å². The van der Waals surface area contributed by atoms with E-state index in [4.69, 9.17) is 10.2 Å². The molecule has 2 atom stereocenters. The van der Waals surface area contributed by atoms with Crippen LogP contribution in [0.3, 0.4) is 0 Å². The molecule has 0 saturated heterocycles. The first-order valence-electron chi connectivity index (χ1n) is 3.17. The Morgan fingerprint density at radius 1 is 1.55 bits per heavy atom. The molecule has 3 nitrogen and oxygen atoms in total. The molecule has 1 aliphatic heterocycles. The van der Waals surface area contributed by atoms with Crippen LogP contribution < -0.4 is 0 Å². The zero-order chi connectivity index (χ0) is 8.27. The minimum Gasteiger partial charge on any atom is -0.394 e. The first-order valence-corrected chi connectivity index (χ1v) is 5.20. The fourth-order valence-corrected chi connectivity index (χ4v) is 2.89. The minimum atomic E-state index is -1.05. The van der Waals surface area contributed by atoms with Crippen molar-refractivity contribution in [1.29, 1.82) is 0 Å². The maximum Gasteiger partial charge on any atom is 0.113 e. The molecular formula is C6H10O3S2. The molecule has 2 unspecified atom stereocenters. The zero-order valence-corrected chi connectivity index (χ0v) is 7.44. The van der Waals surface area contributed by atoms with Crippen LogP contribution in [0, 0.1) is 0 Å². The predicted octanol–water partition coefficient (Wildman–Crippen LogP) is -0.0206. The summed E-state index contributed by atoms with van der Waals surface area (Å²) in [5.74, 6) is 0. The van der Waals surface area contributed by atoms with E-state index in [0.717, 1.165) is 9.99 Å². The summed E-state index contributed by atoms with van der Waals surface area (Å²) < 4.78 is 0. The molecule has 0 aromatic heterocycles. The summed E-state index contributed by atoms with van der Waals surface area (Å²) in [6.45, 7) is -0.399. The highest BCUT2D eigenvalue weighted by molar-refractivity contribution is 8.22. The molecule has 0 aliphatic carbocycles. The minimum absolute atomic E-state index is 0.399. The number of aliphatic hydroxyl groups is 3. The van der Waals surface area contributed by atoms with Crippen LogP contribution >= 0.6 is 23.5 Å². The van der Waals surface area contributed by atoms with Crippen molar-refractivity contribution in [2.24, 2.45) is 0 Å². The van der Waals surface area contributed by atoms with Gasteiger partial charge in [0.1, 0.15) is 12.2 Å². The summed E-state index contributed by atoms with van der Waals surface area (Å²) in [6.07, 6.45) is -1.97. The topological polar surface area (TPSA) is 60.7 Å². The van der Waals surface area contributed by atoms with Gasteiger partial charge in [0, 0.05) is 9.99 Å². The van der Waals surface area contributed by atoms with Gasteiger partial charge in [-0.05, 0) is 5.41 Å². The van der Waals surface area contributed by atoms with Crippen LogP contribution in [0.1, 0.15) is 0 Å². The van der Waals surface area contributed by atoms with Crippen molar-refractivity contribution in [3.8, 4) is 0 Å². The average Bonchev–Trinajstić information content (AvgIpc) is 2.53. The fourth-order valence-electron chi connectivity index (χ4n) is 0.697. The van der Waals surface area contributed by atoms with Gasteiger partial charge in [0.2, 0.25) is 0 Å². The van der Waals surface area contributed by atoms with Gasteiger partial charge in [-0.1, -0.05) is 0 Å². The van der Waals surface area contributed by atoms with Crippen LogP contribution in [-0.2, 0) is 0 Å². The Morgan fingerprint density at radius 3 is 2.73 bits per heavy atom. The maximum absolute atomic E-state index is 9.30. The highest BCUT2D eigenvalue weighted by atomic mass is 32.2. The molecule has 0 bridgehead atoms. The second-order valence-corrected chi connectivity index (χ2v) is 4.42. The van der Waals surface area contributed by atoms with E-state index in [1.165, 1.54) is 11.8 Å². The number of hydrogen-bond donors (Lipinski definition) is 3. The molecule has 5 heteroatoms. The number of hydrogen-bond acceptors (Lipinski definition) is 5. The summed E-state index contributed by atoms with van der Waals surface area (Å²) in [5, 5.41) is 29.5. The second-order valence-electron chi connectivity index (χ2n) is 2.14. The lowest BCUT2D eigenvalue weighted by Gasteiger charge is -2.15. The molecule has 0 amide bonds. The first-order chi connectivity index (χ1) is 5.25. The Morgan fingerprint density at radius 2 is 2.27 bits per heavy atom. The van der Waals surface area contributed by atoms with Gasteiger partial charge in [-0.2, -0.15) is 0 Å². The van der Waals surface area contributed by atoms with E-state index in [-0.39, 0.29) is 0 Å². The van der Waals surface area contributed by atoms with E-state index < -0.39 is 18.8 Å². The van der Waals surface area contributed by atoms with Crippen molar-refractivity contribution in [2.75, 3.05) is 11.7 Å². The van der Waals surface area contributed by atoms with Crippen molar-refractivity contribution in [1.82, 2.24) is 0 Å². The first kappa shape index (κ1) is 9.41. The van der Waals surface area contributed by atoms with Gasteiger partial charge in [-0.15, -0.1) is 23.5 Å².